The third-order valence-corrected chi connectivity index (χ3v) is 3.51. The van der Waals surface area contributed by atoms with E-state index in [0.29, 0.717) is 12.1 Å². The summed E-state index contributed by atoms with van der Waals surface area (Å²) >= 11 is 0. The van der Waals surface area contributed by atoms with Gasteiger partial charge in [0.05, 0.1) is 17.8 Å². The lowest BCUT2D eigenvalue weighted by Gasteiger charge is -2.22. The number of nitrogens with zero attached hydrogens (tertiary/aromatic N) is 2. The van der Waals surface area contributed by atoms with Crippen molar-refractivity contribution in [3.63, 3.8) is 0 Å². The van der Waals surface area contributed by atoms with Crippen LogP contribution in [0.3, 0.4) is 0 Å². The molecule has 2 atom stereocenters. The Morgan fingerprint density at radius 2 is 2.44 bits per heavy atom. The van der Waals surface area contributed by atoms with Crippen LogP contribution in [-0.4, -0.2) is 29.0 Å². The summed E-state index contributed by atoms with van der Waals surface area (Å²) in [6.07, 6.45) is 6.90. The van der Waals surface area contributed by atoms with Crippen molar-refractivity contribution in [3.8, 4) is 0 Å². The number of aryl methyl sites for hydroxylation is 1. The first-order chi connectivity index (χ1) is 8.85. The molecule has 0 aliphatic carbocycles. The molecular weight excluding hydrogens is 226 g/mol. The van der Waals surface area contributed by atoms with Gasteiger partial charge in [-0.05, 0) is 38.3 Å². The Hall–Kier alpha value is -0.870. The van der Waals surface area contributed by atoms with E-state index in [2.05, 4.69) is 35.0 Å². The summed E-state index contributed by atoms with van der Waals surface area (Å²) in [6, 6.07) is 2.50. The van der Waals surface area contributed by atoms with Crippen LogP contribution in [0.2, 0.25) is 0 Å². The van der Waals surface area contributed by atoms with Gasteiger partial charge in [-0.1, -0.05) is 13.8 Å². The molecule has 2 unspecified atom stereocenters. The fraction of sp³-hybridized carbons (Fsp3) is 0.786. The highest BCUT2D eigenvalue weighted by Crippen LogP contribution is 2.25. The molecule has 102 valence electrons. The first kappa shape index (κ1) is 13.6. The summed E-state index contributed by atoms with van der Waals surface area (Å²) < 4.78 is 7.89. The van der Waals surface area contributed by atoms with Crippen LogP contribution in [0.25, 0.3) is 0 Å². The smallest absolute Gasteiger partial charge is 0.0594 e. The maximum Gasteiger partial charge on any atom is 0.0594 e. The van der Waals surface area contributed by atoms with Gasteiger partial charge in [0.25, 0.3) is 0 Å². The van der Waals surface area contributed by atoms with Gasteiger partial charge < -0.3 is 10.1 Å². The molecule has 1 aliphatic heterocycles. The van der Waals surface area contributed by atoms with E-state index in [0.717, 1.165) is 32.5 Å². The quantitative estimate of drug-likeness (QED) is 0.809. The normalized spacial score (nSPS) is 21.3. The SMILES string of the molecule is CCCn1nccc1C(CC1CCCO1)NCC. The molecule has 0 amide bonds. The number of ether oxygens (including phenoxy) is 1. The third-order valence-electron chi connectivity index (χ3n) is 3.51. The predicted octanol–water partition coefficient (Wildman–Crippen LogP) is 2.51. The van der Waals surface area contributed by atoms with E-state index in [4.69, 9.17) is 4.74 Å². The zero-order valence-corrected chi connectivity index (χ0v) is 11.6. The second-order valence-corrected chi connectivity index (χ2v) is 4.96. The summed E-state index contributed by atoms with van der Waals surface area (Å²) in [7, 11) is 0. The van der Waals surface area contributed by atoms with Crippen LogP contribution in [0.15, 0.2) is 12.3 Å². The lowest BCUT2D eigenvalue weighted by atomic mass is 10.0. The van der Waals surface area contributed by atoms with Crippen molar-refractivity contribution in [2.45, 2.75) is 58.2 Å². The van der Waals surface area contributed by atoms with Crippen LogP contribution in [0.1, 0.15) is 51.3 Å². The molecular formula is C14H25N3O. The van der Waals surface area contributed by atoms with Crippen molar-refractivity contribution in [2.75, 3.05) is 13.2 Å². The molecule has 2 rings (SSSR count). The van der Waals surface area contributed by atoms with Gasteiger partial charge in [0.15, 0.2) is 0 Å². The van der Waals surface area contributed by atoms with E-state index in [1.165, 1.54) is 18.5 Å². The molecule has 4 nitrogen and oxygen atoms in total. The Morgan fingerprint density at radius 1 is 1.56 bits per heavy atom. The highest BCUT2D eigenvalue weighted by Gasteiger charge is 2.23. The van der Waals surface area contributed by atoms with Gasteiger partial charge in [0, 0.05) is 19.3 Å². The lowest BCUT2D eigenvalue weighted by Crippen LogP contribution is -2.27. The number of aromatic nitrogens is 2. The molecule has 1 aliphatic rings. The maximum atomic E-state index is 5.76. The van der Waals surface area contributed by atoms with Crippen LogP contribution in [0.4, 0.5) is 0 Å². The van der Waals surface area contributed by atoms with Gasteiger partial charge >= 0.3 is 0 Å². The van der Waals surface area contributed by atoms with Gasteiger partial charge in [-0.2, -0.15) is 5.10 Å². The Labute approximate surface area is 110 Å². The third kappa shape index (κ3) is 3.33. The predicted molar refractivity (Wildman–Crippen MR) is 72.5 cm³/mol. The second kappa shape index (κ2) is 6.90. The molecule has 1 saturated heterocycles. The minimum atomic E-state index is 0.368. The zero-order chi connectivity index (χ0) is 12.8. The summed E-state index contributed by atoms with van der Waals surface area (Å²) in [5, 5.41) is 7.99. The average molecular weight is 251 g/mol. The number of nitrogens with one attached hydrogen (secondary N) is 1. The monoisotopic (exact) mass is 251 g/mol. The molecule has 1 fully saturated rings. The second-order valence-electron chi connectivity index (χ2n) is 4.96. The van der Waals surface area contributed by atoms with E-state index in [9.17, 15) is 0 Å². The van der Waals surface area contributed by atoms with Crippen molar-refractivity contribution in [3.05, 3.63) is 18.0 Å². The van der Waals surface area contributed by atoms with Crippen molar-refractivity contribution in [2.24, 2.45) is 0 Å². The molecule has 1 N–H and O–H groups in total. The average Bonchev–Trinajstić information content (AvgIpc) is 3.00. The Bertz CT molecular complexity index is 345. The van der Waals surface area contributed by atoms with E-state index in [-0.39, 0.29) is 0 Å². The highest BCUT2D eigenvalue weighted by molar-refractivity contribution is 5.07. The molecule has 0 radical (unpaired) electrons. The van der Waals surface area contributed by atoms with Gasteiger partial charge in [0.1, 0.15) is 0 Å². The maximum absolute atomic E-state index is 5.76. The topological polar surface area (TPSA) is 39.1 Å². The molecule has 0 spiro atoms. The van der Waals surface area contributed by atoms with Crippen LogP contribution in [0.5, 0.6) is 0 Å². The number of rotatable bonds is 7. The minimum Gasteiger partial charge on any atom is -0.378 e. The summed E-state index contributed by atoms with van der Waals surface area (Å²) in [6.45, 7) is 7.25. The summed E-state index contributed by atoms with van der Waals surface area (Å²) in [5.41, 5.74) is 1.30. The molecule has 1 aromatic rings. The van der Waals surface area contributed by atoms with Gasteiger partial charge in [-0.3, -0.25) is 4.68 Å². The fourth-order valence-electron chi connectivity index (χ4n) is 2.69. The molecule has 0 aromatic carbocycles. The first-order valence-electron chi connectivity index (χ1n) is 7.21. The Morgan fingerprint density at radius 3 is 3.11 bits per heavy atom. The lowest BCUT2D eigenvalue weighted by molar-refractivity contribution is 0.0937. The van der Waals surface area contributed by atoms with Gasteiger partial charge in [-0.25, -0.2) is 0 Å². The first-order valence-corrected chi connectivity index (χ1v) is 7.21. The van der Waals surface area contributed by atoms with Crippen molar-refractivity contribution >= 4 is 0 Å². The highest BCUT2D eigenvalue weighted by atomic mass is 16.5. The minimum absolute atomic E-state index is 0.368. The van der Waals surface area contributed by atoms with Crippen molar-refractivity contribution < 1.29 is 4.74 Å². The molecule has 2 heterocycles. The molecule has 18 heavy (non-hydrogen) atoms. The van der Waals surface area contributed by atoms with Crippen molar-refractivity contribution in [1.29, 1.82) is 0 Å². The number of hydrogen-bond donors (Lipinski definition) is 1. The van der Waals surface area contributed by atoms with E-state index >= 15 is 0 Å². The largest absolute Gasteiger partial charge is 0.378 e. The zero-order valence-electron chi connectivity index (χ0n) is 11.6. The van der Waals surface area contributed by atoms with Gasteiger partial charge in [-0.15, -0.1) is 0 Å². The molecule has 0 saturated carbocycles. The Kier molecular flexibility index (Phi) is 5.20. The van der Waals surface area contributed by atoms with Crippen LogP contribution in [0, 0.1) is 0 Å². The van der Waals surface area contributed by atoms with Crippen LogP contribution < -0.4 is 5.32 Å². The molecule has 0 bridgehead atoms. The fourth-order valence-corrected chi connectivity index (χ4v) is 2.69. The summed E-state index contributed by atoms with van der Waals surface area (Å²) in [5.74, 6) is 0. The van der Waals surface area contributed by atoms with Gasteiger partial charge in [0.2, 0.25) is 0 Å². The Balaban J connectivity index is 2.04. The van der Waals surface area contributed by atoms with E-state index in [1.54, 1.807) is 0 Å². The van der Waals surface area contributed by atoms with Crippen LogP contribution in [-0.2, 0) is 11.3 Å². The number of hydrogen-bond acceptors (Lipinski definition) is 3. The summed E-state index contributed by atoms with van der Waals surface area (Å²) in [4.78, 5) is 0. The standard InChI is InChI=1S/C14H25N3O/c1-3-9-17-14(7-8-16-17)13(15-4-2)11-12-6-5-10-18-12/h7-8,12-13,15H,3-6,9-11H2,1-2H3. The molecule has 1 aromatic heterocycles. The van der Waals surface area contributed by atoms with E-state index < -0.39 is 0 Å². The molecule has 4 heteroatoms. The van der Waals surface area contributed by atoms with Crippen LogP contribution >= 0.6 is 0 Å². The van der Waals surface area contributed by atoms with Crippen molar-refractivity contribution in [1.82, 2.24) is 15.1 Å². The van der Waals surface area contributed by atoms with E-state index in [1.807, 2.05) is 6.20 Å².